The van der Waals surface area contributed by atoms with E-state index in [0.29, 0.717) is 6.42 Å². The highest BCUT2D eigenvalue weighted by Gasteiger charge is 2.55. The molecule has 1 aliphatic heterocycles. The summed E-state index contributed by atoms with van der Waals surface area (Å²) in [4.78, 5) is 36.4. The first-order valence-electron chi connectivity index (χ1n) is 25.9. The maximum atomic E-state index is 13.4. The fraction of sp³-hybridized carbons (Fsp3) is 0.840. The highest BCUT2D eigenvalue weighted by molar-refractivity contribution is 7.47. The number of allylic oxidation sites excluding steroid dienone is 5. The van der Waals surface area contributed by atoms with Crippen LogP contribution in [0.5, 0.6) is 0 Å². The summed E-state index contributed by atoms with van der Waals surface area (Å²) in [6.07, 6.45) is 14.4. The summed E-state index contributed by atoms with van der Waals surface area (Å²) >= 11 is 0. The molecule has 1 saturated heterocycles. The molecule has 2 rings (SSSR count). The second kappa shape index (κ2) is 37.6. The molecule has 402 valence electrons. The lowest BCUT2D eigenvalue weighted by Gasteiger charge is -2.47. The summed E-state index contributed by atoms with van der Waals surface area (Å²) in [5, 5.41) is 82.9. The third-order valence-electron chi connectivity index (χ3n) is 12.4. The first-order chi connectivity index (χ1) is 33.2. The summed E-state index contributed by atoms with van der Waals surface area (Å²) < 4.78 is 45.2. The highest BCUT2D eigenvalue weighted by Crippen LogP contribution is 2.48. The molecule has 1 aliphatic carbocycles. The first-order valence-corrected chi connectivity index (χ1v) is 27.3. The molecule has 0 aromatic heterocycles. The lowest BCUT2D eigenvalue weighted by Crippen LogP contribution is -2.67. The minimum absolute atomic E-state index is 0.0700. The van der Waals surface area contributed by atoms with Gasteiger partial charge in [0.2, 0.25) is 0 Å². The number of esters is 2. The van der Waals surface area contributed by atoms with Crippen LogP contribution in [0.25, 0.3) is 0 Å². The van der Waals surface area contributed by atoms with Crippen LogP contribution in [-0.2, 0) is 42.1 Å². The normalized spacial score (nSPS) is 27.8. The van der Waals surface area contributed by atoms with Gasteiger partial charge in [0.25, 0.3) is 0 Å². The van der Waals surface area contributed by atoms with Crippen molar-refractivity contribution >= 4 is 19.8 Å². The number of aliphatic hydroxyl groups is 8. The van der Waals surface area contributed by atoms with Crippen molar-refractivity contribution in [2.75, 3.05) is 19.8 Å². The molecule has 2 aliphatic rings. The van der Waals surface area contributed by atoms with Crippen LogP contribution in [0.2, 0.25) is 0 Å². The summed E-state index contributed by atoms with van der Waals surface area (Å²) in [6.45, 7) is 2.11. The van der Waals surface area contributed by atoms with Gasteiger partial charge in [-0.1, -0.05) is 153 Å². The number of carbonyl (C=O) groups is 2. The summed E-state index contributed by atoms with van der Waals surface area (Å²) in [6, 6.07) is 0. The summed E-state index contributed by atoms with van der Waals surface area (Å²) in [7, 11) is -5.40. The van der Waals surface area contributed by atoms with E-state index in [2.05, 4.69) is 26.0 Å². The second-order valence-corrected chi connectivity index (χ2v) is 19.8. The van der Waals surface area contributed by atoms with Crippen LogP contribution in [0.1, 0.15) is 174 Å². The van der Waals surface area contributed by atoms with Crippen molar-refractivity contribution in [3.05, 3.63) is 36.5 Å². The Kier molecular flexibility index (Phi) is 34.3. The van der Waals surface area contributed by atoms with Crippen molar-refractivity contribution in [1.29, 1.82) is 0 Å². The standard InChI is InChI=1S/C50H89O18P/c1-3-5-7-9-11-13-15-17-19-21-23-25-27-29-31-33-40(53)65-37(35-63-39(52)32-30-28-26-24-22-20-18-16-14-12-10-8-6-4-2)36-64-69(61,62)68-49-46(59)44(57)43(56)45(58)48(49)67-50-47(60)42(55)41(54)38(34-51)66-50/h20,22,27,29,31,33,37-38,41-51,54-60H,3-19,21,23-26,28,30,32,34-36H2,1-2H3,(H,61,62). The largest absolute Gasteiger partial charge is 0.472 e. The van der Waals surface area contributed by atoms with Gasteiger partial charge < -0.3 is 64.7 Å². The van der Waals surface area contributed by atoms with Gasteiger partial charge >= 0.3 is 19.8 Å². The van der Waals surface area contributed by atoms with Gasteiger partial charge in [-0.25, -0.2) is 9.36 Å². The number of aliphatic hydroxyl groups excluding tert-OH is 8. The Labute approximate surface area is 410 Å². The Morgan fingerprint density at radius 1 is 0.580 bits per heavy atom. The molecule has 9 N–H and O–H groups in total. The van der Waals surface area contributed by atoms with Crippen LogP contribution < -0.4 is 0 Å². The molecule has 0 amide bonds. The number of rotatable bonds is 39. The Bertz CT molecular complexity index is 1480. The molecule has 0 spiro atoms. The van der Waals surface area contributed by atoms with Gasteiger partial charge in [-0.2, -0.15) is 0 Å². The predicted octanol–water partition coefficient (Wildman–Crippen LogP) is 6.05. The smallest absolute Gasteiger partial charge is 0.462 e. The maximum Gasteiger partial charge on any atom is 0.472 e. The predicted molar refractivity (Wildman–Crippen MR) is 258 cm³/mol. The van der Waals surface area contributed by atoms with Crippen molar-refractivity contribution in [2.45, 2.75) is 248 Å². The van der Waals surface area contributed by atoms with Crippen LogP contribution in [-0.4, -0.2) is 151 Å². The van der Waals surface area contributed by atoms with E-state index in [1.165, 1.54) is 109 Å². The van der Waals surface area contributed by atoms with Gasteiger partial charge in [-0.15, -0.1) is 0 Å². The quantitative estimate of drug-likeness (QED) is 0.00846. The van der Waals surface area contributed by atoms with Crippen molar-refractivity contribution in [1.82, 2.24) is 0 Å². The van der Waals surface area contributed by atoms with Crippen LogP contribution in [0, 0.1) is 0 Å². The van der Waals surface area contributed by atoms with E-state index in [0.717, 1.165) is 51.0 Å². The van der Waals surface area contributed by atoms with E-state index in [1.807, 2.05) is 6.08 Å². The lowest BCUT2D eigenvalue weighted by molar-refractivity contribution is -0.338. The molecular formula is C50H89O18P. The van der Waals surface area contributed by atoms with Gasteiger partial charge in [0.1, 0.15) is 67.6 Å². The van der Waals surface area contributed by atoms with Gasteiger partial charge in [0.05, 0.1) is 13.2 Å². The Morgan fingerprint density at radius 3 is 1.59 bits per heavy atom. The number of hydrogen-bond donors (Lipinski definition) is 9. The van der Waals surface area contributed by atoms with E-state index in [-0.39, 0.29) is 6.42 Å². The summed E-state index contributed by atoms with van der Waals surface area (Å²) in [5.74, 6) is -1.49. The molecular weight excluding hydrogens is 920 g/mol. The number of phosphoric acid groups is 1. The molecule has 13 unspecified atom stereocenters. The van der Waals surface area contributed by atoms with E-state index < -0.39 is 113 Å². The zero-order chi connectivity index (χ0) is 50.9. The van der Waals surface area contributed by atoms with Gasteiger partial charge in [-0.05, 0) is 44.9 Å². The van der Waals surface area contributed by atoms with Crippen molar-refractivity contribution in [3.63, 3.8) is 0 Å². The SMILES string of the molecule is CCCCCCCCCC=CCCCCCC(=O)OCC(COP(=O)(O)OC1C(O)C(O)C(O)C(O)C1OC1OC(CO)C(O)C(O)C1O)OC(=O)C=CC=CCCCCCCCCCCCCC. The molecule has 2 fully saturated rings. The third-order valence-corrected chi connectivity index (χ3v) is 13.4. The molecule has 19 heteroatoms. The second-order valence-electron chi connectivity index (χ2n) is 18.4. The minimum atomic E-state index is -5.40. The molecule has 18 nitrogen and oxygen atoms in total. The molecule has 1 heterocycles. The fourth-order valence-corrected chi connectivity index (χ4v) is 9.10. The number of unbranched alkanes of at least 4 members (excludes halogenated alkanes) is 21. The average molecular weight is 1010 g/mol. The van der Waals surface area contributed by atoms with Crippen molar-refractivity contribution in [3.8, 4) is 0 Å². The summed E-state index contributed by atoms with van der Waals surface area (Å²) in [5.41, 5.74) is 0. The fourth-order valence-electron chi connectivity index (χ4n) is 8.13. The van der Waals surface area contributed by atoms with Crippen LogP contribution in [0.3, 0.4) is 0 Å². The third kappa shape index (κ3) is 26.4. The van der Waals surface area contributed by atoms with Crippen molar-refractivity contribution < 1.29 is 87.9 Å². The van der Waals surface area contributed by atoms with Crippen molar-refractivity contribution in [2.24, 2.45) is 0 Å². The molecule has 0 bridgehead atoms. The number of ether oxygens (including phenoxy) is 4. The molecule has 13 atom stereocenters. The number of phosphoric ester groups is 1. The minimum Gasteiger partial charge on any atom is -0.462 e. The Hall–Kier alpha value is -2.13. The zero-order valence-electron chi connectivity index (χ0n) is 41.3. The van der Waals surface area contributed by atoms with E-state index >= 15 is 0 Å². The maximum absolute atomic E-state index is 13.4. The van der Waals surface area contributed by atoms with Gasteiger partial charge in [-0.3, -0.25) is 13.8 Å². The lowest BCUT2D eigenvalue weighted by atomic mass is 9.84. The molecule has 0 aromatic rings. The van der Waals surface area contributed by atoms with Crippen LogP contribution in [0.4, 0.5) is 0 Å². The average Bonchev–Trinajstić information content (AvgIpc) is 3.33. The zero-order valence-corrected chi connectivity index (χ0v) is 42.2. The molecule has 1 saturated carbocycles. The molecule has 0 radical (unpaired) electrons. The van der Waals surface area contributed by atoms with E-state index in [4.69, 9.17) is 28.0 Å². The van der Waals surface area contributed by atoms with E-state index in [1.54, 1.807) is 6.08 Å². The van der Waals surface area contributed by atoms with Gasteiger partial charge in [0, 0.05) is 12.5 Å². The molecule has 0 aromatic carbocycles. The van der Waals surface area contributed by atoms with E-state index in [9.17, 15) is 59.9 Å². The number of carbonyl (C=O) groups excluding carboxylic acids is 2. The number of hydrogen-bond acceptors (Lipinski definition) is 17. The first kappa shape index (κ1) is 63.0. The Morgan fingerprint density at radius 2 is 1.06 bits per heavy atom. The topological polar surface area (TPSA) is 289 Å². The van der Waals surface area contributed by atoms with Gasteiger partial charge in [0.15, 0.2) is 12.4 Å². The Balaban J connectivity index is 1.98. The monoisotopic (exact) mass is 1010 g/mol. The highest BCUT2D eigenvalue weighted by atomic mass is 31.2. The van der Waals surface area contributed by atoms with Crippen LogP contribution in [0.15, 0.2) is 36.5 Å². The van der Waals surface area contributed by atoms with Crippen LogP contribution >= 0.6 is 7.82 Å². The molecule has 69 heavy (non-hydrogen) atoms.